The number of imide groups is 1. The lowest BCUT2D eigenvalue weighted by atomic mass is 10.2. The smallest absolute Gasteiger partial charge is 0.340 e. The first kappa shape index (κ1) is 19.3. The first-order chi connectivity index (χ1) is 12.0. The third kappa shape index (κ3) is 5.75. The highest BCUT2D eigenvalue weighted by molar-refractivity contribution is 7.99. The maximum absolute atomic E-state index is 12.4. The van der Waals surface area contributed by atoms with Crippen LogP contribution < -0.4 is 10.6 Å². The Morgan fingerprint density at radius 2 is 2.12 bits per heavy atom. The average Bonchev–Trinajstić information content (AvgIpc) is 3.13. The topological polar surface area (TPSA) is 93.7 Å². The fourth-order valence-electron chi connectivity index (χ4n) is 2.27. The molecule has 8 heteroatoms. The number of urea groups is 1. The van der Waals surface area contributed by atoms with E-state index in [1.165, 1.54) is 25.7 Å². The second-order valence-electron chi connectivity index (χ2n) is 5.56. The Balaban J connectivity index is 1.96. The lowest BCUT2D eigenvalue weighted by Gasteiger charge is -2.15. The Kier molecular flexibility index (Phi) is 7.27. The highest BCUT2D eigenvalue weighted by atomic mass is 32.2. The van der Waals surface area contributed by atoms with Gasteiger partial charge in [-0.05, 0) is 31.9 Å². The molecule has 1 aliphatic heterocycles. The number of esters is 1. The van der Waals surface area contributed by atoms with Crippen LogP contribution in [0.1, 0.15) is 30.1 Å². The van der Waals surface area contributed by atoms with Gasteiger partial charge in [0.2, 0.25) is 0 Å². The molecule has 0 saturated carbocycles. The lowest BCUT2D eigenvalue weighted by Crippen LogP contribution is -2.43. The Hall–Kier alpha value is -2.06. The molecule has 2 N–H and O–H groups in total. The molecular weight excluding hydrogens is 344 g/mol. The molecule has 7 nitrogen and oxygen atoms in total. The van der Waals surface area contributed by atoms with Crippen molar-refractivity contribution in [3.8, 4) is 0 Å². The van der Waals surface area contributed by atoms with Gasteiger partial charge in [0, 0.05) is 24.3 Å². The van der Waals surface area contributed by atoms with Crippen LogP contribution in [-0.4, -0.2) is 49.5 Å². The monoisotopic (exact) mass is 366 g/mol. The standard InChI is InChI=1S/C17H22N2O5S/c1-11(15(20)19-17(22)18-2)24-16(21)13-7-3-4-8-14(13)25-10-12-6-5-9-23-12/h3-4,7-8,11-12H,5-6,9-10H2,1-2H3,(H2,18,19,20,22)/t11-,12-/m1/s1. The summed E-state index contributed by atoms with van der Waals surface area (Å²) in [7, 11) is 1.39. The Morgan fingerprint density at radius 3 is 2.80 bits per heavy atom. The van der Waals surface area contributed by atoms with Crippen LogP contribution in [0.2, 0.25) is 0 Å². The summed E-state index contributed by atoms with van der Waals surface area (Å²) in [5, 5.41) is 4.34. The average molecular weight is 366 g/mol. The van der Waals surface area contributed by atoms with Crippen molar-refractivity contribution in [2.24, 2.45) is 0 Å². The molecule has 2 atom stereocenters. The molecular formula is C17H22N2O5S. The number of nitrogens with one attached hydrogen (secondary N) is 2. The van der Waals surface area contributed by atoms with Gasteiger partial charge < -0.3 is 14.8 Å². The van der Waals surface area contributed by atoms with E-state index in [4.69, 9.17) is 9.47 Å². The molecule has 2 rings (SSSR count). The molecule has 1 heterocycles. The van der Waals surface area contributed by atoms with Crippen molar-refractivity contribution < 1.29 is 23.9 Å². The number of ether oxygens (including phenoxy) is 2. The van der Waals surface area contributed by atoms with Crippen LogP contribution in [0.5, 0.6) is 0 Å². The molecule has 0 aliphatic carbocycles. The maximum atomic E-state index is 12.4. The molecule has 25 heavy (non-hydrogen) atoms. The summed E-state index contributed by atoms with van der Waals surface area (Å²) in [4.78, 5) is 36.1. The van der Waals surface area contributed by atoms with E-state index in [9.17, 15) is 14.4 Å². The fourth-order valence-corrected chi connectivity index (χ4v) is 3.38. The summed E-state index contributed by atoms with van der Waals surface area (Å²) in [5.41, 5.74) is 0.394. The second kappa shape index (κ2) is 9.43. The van der Waals surface area contributed by atoms with Gasteiger partial charge in [0.15, 0.2) is 6.10 Å². The predicted molar refractivity (Wildman–Crippen MR) is 93.6 cm³/mol. The molecule has 3 amide bonds. The van der Waals surface area contributed by atoms with E-state index >= 15 is 0 Å². The van der Waals surface area contributed by atoms with Gasteiger partial charge in [-0.25, -0.2) is 9.59 Å². The summed E-state index contributed by atoms with van der Waals surface area (Å²) < 4.78 is 10.8. The van der Waals surface area contributed by atoms with E-state index in [0.29, 0.717) is 5.56 Å². The number of carbonyl (C=O) groups excluding carboxylic acids is 3. The lowest BCUT2D eigenvalue weighted by molar-refractivity contribution is -0.127. The molecule has 0 unspecified atom stereocenters. The first-order valence-electron chi connectivity index (χ1n) is 8.08. The summed E-state index contributed by atoms with van der Waals surface area (Å²) >= 11 is 1.53. The highest BCUT2D eigenvalue weighted by Crippen LogP contribution is 2.27. The van der Waals surface area contributed by atoms with E-state index in [0.717, 1.165) is 30.1 Å². The van der Waals surface area contributed by atoms with Crippen molar-refractivity contribution >= 4 is 29.7 Å². The Labute approximate surface area is 150 Å². The number of carbonyl (C=O) groups is 3. The summed E-state index contributed by atoms with van der Waals surface area (Å²) in [6, 6.07) is 6.42. The summed E-state index contributed by atoms with van der Waals surface area (Å²) in [6.07, 6.45) is 1.20. The minimum absolute atomic E-state index is 0.200. The summed E-state index contributed by atoms with van der Waals surface area (Å²) in [6.45, 7) is 2.20. The minimum atomic E-state index is -1.08. The molecule has 1 saturated heterocycles. The van der Waals surface area contributed by atoms with E-state index in [1.54, 1.807) is 12.1 Å². The SMILES string of the molecule is CNC(=O)NC(=O)[C@@H](C)OC(=O)c1ccccc1SC[C@H]1CCCO1. The molecule has 1 aliphatic rings. The van der Waals surface area contributed by atoms with Crippen LogP contribution in [0.25, 0.3) is 0 Å². The number of benzene rings is 1. The van der Waals surface area contributed by atoms with Crippen molar-refractivity contribution in [2.75, 3.05) is 19.4 Å². The number of hydrogen-bond donors (Lipinski definition) is 2. The number of hydrogen-bond acceptors (Lipinski definition) is 6. The van der Waals surface area contributed by atoms with Gasteiger partial charge in [0.05, 0.1) is 11.7 Å². The van der Waals surface area contributed by atoms with Crippen LogP contribution in [-0.2, 0) is 14.3 Å². The molecule has 136 valence electrons. The van der Waals surface area contributed by atoms with Crippen molar-refractivity contribution in [1.82, 2.24) is 10.6 Å². The van der Waals surface area contributed by atoms with Crippen molar-refractivity contribution in [3.05, 3.63) is 29.8 Å². The Bertz CT molecular complexity index is 631. The van der Waals surface area contributed by atoms with Crippen LogP contribution in [0.4, 0.5) is 4.79 Å². The highest BCUT2D eigenvalue weighted by Gasteiger charge is 2.23. The van der Waals surface area contributed by atoms with Gasteiger partial charge in [0.25, 0.3) is 5.91 Å². The van der Waals surface area contributed by atoms with Gasteiger partial charge in [-0.2, -0.15) is 0 Å². The molecule has 0 aromatic heterocycles. The number of rotatable bonds is 6. The zero-order valence-electron chi connectivity index (χ0n) is 14.2. The molecule has 1 aromatic rings. The second-order valence-corrected chi connectivity index (χ2v) is 6.62. The summed E-state index contributed by atoms with van der Waals surface area (Å²) in [5.74, 6) is -0.524. The normalized spacial score (nSPS) is 17.6. The molecule has 0 radical (unpaired) electrons. The maximum Gasteiger partial charge on any atom is 0.340 e. The quantitative estimate of drug-likeness (QED) is 0.590. The zero-order valence-corrected chi connectivity index (χ0v) is 15.1. The van der Waals surface area contributed by atoms with Crippen molar-refractivity contribution in [2.45, 2.75) is 36.9 Å². The van der Waals surface area contributed by atoms with Crippen molar-refractivity contribution in [1.29, 1.82) is 0 Å². The molecule has 1 aromatic carbocycles. The minimum Gasteiger partial charge on any atom is -0.449 e. The van der Waals surface area contributed by atoms with E-state index in [-0.39, 0.29) is 6.10 Å². The molecule has 1 fully saturated rings. The van der Waals surface area contributed by atoms with E-state index in [1.807, 2.05) is 12.1 Å². The molecule has 0 spiro atoms. The zero-order chi connectivity index (χ0) is 18.2. The number of amides is 3. The Morgan fingerprint density at radius 1 is 1.36 bits per heavy atom. The van der Waals surface area contributed by atoms with E-state index < -0.39 is 24.0 Å². The van der Waals surface area contributed by atoms with Gasteiger partial charge in [0.1, 0.15) is 0 Å². The van der Waals surface area contributed by atoms with Crippen LogP contribution in [0, 0.1) is 0 Å². The van der Waals surface area contributed by atoms with Crippen LogP contribution in [0.15, 0.2) is 29.2 Å². The van der Waals surface area contributed by atoms with Crippen LogP contribution >= 0.6 is 11.8 Å². The fraction of sp³-hybridized carbons (Fsp3) is 0.471. The first-order valence-corrected chi connectivity index (χ1v) is 9.06. The predicted octanol–water partition coefficient (Wildman–Crippen LogP) is 1.96. The van der Waals surface area contributed by atoms with E-state index in [2.05, 4.69) is 10.6 Å². The van der Waals surface area contributed by atoms with Gasteiger partial charge in [-0.1, -0.05) is 12.1 Å². The third-order valence-corrected chi connectivity index (χ3v) is 4.88. The van der Waals surface area contributed by atoms with Crippen molar-refractivity contribution in [3.63, 3.8) is 0 Å². The van der Waals surface area contributed by atoms with Gasteiger partial charge in [-0.15, -0.1) is 11.8 Å². The van der Waals surface area contributed by atoms with Gasteiger partial charge >= 0.3 is 12.0 Å². The number of thioether (sulfide) groups is 1. The molecule has 0 bridgehead atoms. The third-order valence-electron chi connectivity index (χ3n) is 3.67. The van der Waals surface area contributed by atoms with Crippen LogP contribution in [0.3, 0.4) is 0 Å². The largest absolute Gasteiger partial charge is 0.449 e. The van der Waals surface area contributed by atoms with Gasteiger partial charge in [-0.3, -0.25) is 10.1 Å².